The topological polar surface area (TPSA) is 55.1 Å². The SMILES string of the molecule is CC(C)c1nc(CCNC(=O)/C=C/c2ccco2)cs1. The van der Waals surface area contributed by atoms with Crippen molar-refractivity contribution >= 4 is 23.3 Å². The van der Waals surface area contributed by atoms with Crippen molar-refractivity contribution in [1.82, 2.24) is 10.3 Å². The van der Waals surface area contributed by atoms with Gasteiger partial charge in [0.25, 0.3) is 0 Å². The highest BCUT2D eigenvalue weighted by atomic mass is 32.1. The summed E-state index contributed by atoms with van der Waals surface area (Å²) in [5, 5.41) is 6.03. The Morgan fingerprint density at radius 1 is 1.55 bits per heavy atom. The summed E-state index contributed by atoms with van der Waals surface area (Å²) in [6, 6.07) is 3.58. The summed E-state index contributed by atoms with van der Waals surface area (Å²) >= 11 is 1.67. The molecule has 0 aliphatic rings. The molecule has 2 aromatic heterocycles. The van der Waals surface area contributed by atoms with Crippen LogP contribution >= 0.6 is 11.3 Å². The van der Waals surface area contributed by atoms with E-state index >= 15 is 0 Å². The Morgan fingerprint density at radius 3 is 3.05 bits per heavy atom. The lowest BCUT2D eigenvalue weighted by Crippen LogP contribution is -2.23. The van der Waals surface area contributed by atoms with Crippen LogP contribution in [0.15, 0.2) is 34.3 Å². The highest BCUT2D eigenvalue weighted by Crippen LogP contribution is 2.19. The minimum absolute atomic E-state index is 0.124. The fourth-order valence-corrected chi connectivity index (χ4v) is 2.49. The predicted molar refractivity (Wildman–Crippen MR) is 80.7 cm³/mol. The number of carbonyl (C=O) groups excluding carboxylic acids is 1. The second-order valence-corrected chi connectivity index (χ2v) is 5.61. The van der Waals surface area contributed by atoms with Gasteiger partial charge in [-0.1, -0.05) is 13.8 Å². The zero-order valence-corrected chi connectivity index (χ0v) is 12.4. The minimum Gasteiger partial charge on any atom is -0.465 e. The molecule has 1 amide bonds. The maximum atomic E-state index is 11.6. The molecule has 20 heavy (non-hydrogen) atoms. The maximum absolute atomic E-state index is 11.6. The van der Waals surface area contributed by atoms with Crippen LogP contribution in [0.5, 0.6) is 0 Å². The third-order valence-electron chi connectivity index (χ3n) is 2.69. The van der Waals surface area contributed by atoms with Crippen LogP contribution in [0.2, 0.25) is 0 Å². The quantitative estimate of drug-likeness (QED) is 0.831. The molecular formula is C15H18N2O2S. The summed E-state index contributed by atoms with van der Waals surface area (Å²) in [6.07, 6.45) is 5.45. The van der Waals surface area contributed by atoms with E-state index in [0.29, 0.717) is 18.2 Å². The molecule has 0 spiro atoms. The van der Waals surface area contributed by atoms with Gasteiger partial charge in [-0.3, -0.25) is 4.79 Å². The van der Waals surface area contributed by atoms with Gasteiger partial charge in [0.1, 0.15) is 5.76 Å². The molecule has 0 fully saturated rings. The van der Waals surface area contributed by atoms with Crippen molar-refractivity contribution < 1.29 is 9.21 Å². The van der Waals surface area contributed by atoms with Gasteiger partial charge < -0.3 is 9.73 Å². The second kappa shape index (κ2) is 7.05. The standard InChI is InChI=1S/C15H18N2O2S/c1-11(2)15-17-12(10-20-15)7-8-16-14(18)6-5-13-4-3-9-19-13/h3-6,9-11H,7-8H2,1-2H3,(H,16,18)/b6-5+. The number of nitrogens with zero attached hydrogens (tertiary/aromatic N) is 1. The molecule has 2 aromatic rings. The van der Waals surface area contributed by atoms with E-state index in [2.05, 4.69) is 29.5 Å². The van der Waals surface area contributed by atoms with Crippen molar-refractivity contribution in [3.63, 3.8) is 0 Å². The number of furan rings is 1. The number of hydrogen-bond acceptors (Lipinski definition) is 4. The number of carbonyl (C=O) groups is 1. The summed E-state index contributed by atoms with van der Waals surface area (Å²) in [4.78, 5) is 16.1. The Kier molecular flexibility index (Phi) is 5.12. The number of rotatable bonds is 6. The van der Waals surface area contributed by atoms with Gasteiger partial charge in [-0.2, -0.15) is 0 Å². The van der Waals surface area contributed by atoms with Gasteiger partial charge in [0.15, 0.2) is 0 Å². The van der Waals surface area contributed by atoms with Crippen molar-refractivity contribution in [2.45, 2.75) is 26.2 Å². The molecule has 2 heterocycles. The molecule has 106 valence electrons. The zero-order valence-electron chi connectivity index (χ0n) is 11.6. The molecular weight excluding hydrogens is 272 g/mol. The molecule has 0 radical (unpaired) electrons. The first-order valence-electron chi connectivity index (χ1n) is 6.59. The van der Waals surface area contributed by atoms with E-state index in [9.17, 15) is 4.79 Å². The molecule has 4 nitrogen and oxygen atoms in total. The third-order valence-corrected chi connectivity index (χ3v) is 3.88. The van der Waals surface area contributed by atoms with E-state index in [1.165, 1.54) is 6.08 Å². The maximum Gasteiger partial charge on any atom is 0.244 e. The fourth-order valence-electron chi connectivity index (χ4n) is 1.62. The molecule has 0 aliphatic carbocycles. The molecule has 5 heteroatoms. The predicted octanol–water partition coefficient (Wildman–Crippen LogP) is 3.23. The van der Waals surface area contributed by atoms with Gasteiger partial charge in [0.05, 0.1) is 17.0 Å². The van der Waals surface area contributed by atoms with Crippen LogP contribution in [0.25, 0.3) is 6.08 Å². The Balaban J connectivity index is 1.73. The lowest BCUT2D eigenvalue weighted by Gasteiger charge is -2.00. The molecule has 0 aliphatic heterocycles. The summed E-state index contributed by atoms with van der Waals surface area (Å²) < 4.78 is 5.11. The van der Waals surface area contributed by atoms with E-state index in [-0.39, 0.29) is 5.91 Å². The first-order valence-corrected chi connectivity index (χ1v) is 7.47. The summed E-state index contributed by atoms with van der Waals surface area (Å²) in [7, 11) is 0. The Hall–Kier alpha value is -1.88. The van der Waals surface area contributed by atoms with Gasteiger partial charge in [0, 0.05) is 30.3 Å². The van der Waals surface area contributed by atoms with Crippen LogP contribution in [-0.2, 0) is 11.2 Å². The minimum atomic E-state index is -0.124. The van der Waals surface area contributed by atoms with Crippen LogP contribution in [0.4, 0.5) is 0 Å². The third kappa shape index (κ3) is 4.35. The number of amides is 1. The van der Waals surface area contributed by atoms with E-state index in [0.717, 1.165) is 17.1 Å². The second-order valence-electron chi connectivity index (χ2n) is 4.72. The summed E-state index contributed by atoms with van der Waals surface area (Å²) in [5.41, 5.74) is 1.04. The van der Waals surface area contributed by atoms with Gasteiger partial charge in [0.2, 0.25) is 5.91 Å². The molecule has 0 atom stereocenters. The molecule has 0 aromatic carbocycles. The average molecular weight is 290 g/mol. The normalized spacial score (nSPS) is 11.3. The Bertz CT molecular complexity index is 570. The van der Waals surface area contributed by atoms with Crippen molar-refractivity contribution in [3.8, 4) is 0 Å². The van der Waals surface area contributed by atoms with Crippen molar-refractivity contribution in [2.75, 3.05) is 6.54 Å². The molecule has 0 saturated heterocycles. The van der Waals surface area contributed by atoms with Gasteiger partial charge in [-0.05, 0) is 18.2 Å². The first kappa shape index (κ1) is 14.5. The molecule has 0 saturated carbocycles. The van der Waals surface area contributed by atoms with E-state index < -0.39 is 0 Å². The smallest absolute Gasteiger partial charge is 0.244 e. The highest BCUT2D eigenvalue weighted by molar-refractivity contribution is 7.09. The van der Waals surface area contributed by atoms with E-state index in [1.807, 2.05) is 0 Å². The van der Waals surface area contributed by atoms with Gasteiger partial charge >= 0.3 is 0 Å². The van der Waals surface area contributed by atoms with Crippen LogP contribution < -0.4 is 5.32 Å². The monoisotopic (exact) mass is 290 g/mol. The summed E-state index contributed by atoms with van der Waals surface area (Å²) in [6.45, 7) is 4.84. The Labute approximate surface area is 122 Å². The molecule has 1 N–H and O–H groups in total. The first-order chi connectivity index (χ1) is 9.65. The zero-order chi connectivity index (χ0) is 14.4. The van der Waals surface area contributed by atoms with Crippen LogP contribution in [0.1, 0.15) is 36.2 Å². The molecule has 2 rings (SSSR count). The fraction of sp³-hybridized carbons (Fsp3) is 0.333. The van der Waals surface area contributed by atoms with Crippen LogP contribution in [-0.4, -0.2) is 17.4 Å². The number of aromatic nitrogens is 1. The lowest BCUT2D eigenvalue weighted by atomic mass is 10.2. The van der Waals surface area contributed by atoms with Crippen LogP contribution in [0, 0.1) is 0 Å². The van der Waals surface area contributed by atoms with Crippen molar-refractivity contribution in [2.24, 2.45) is 0 Å². The average Bonchev–Trinajstić information content (AvgIpc) is 3.07. The number of thiazole rings is 1. The highest BCUT2D eigenvalue weighted by Gasteiger charge is 2.05. The van der Waals surface area contributed by atoms with Crippen LogP contribution in [0.3, 0.4) is 0 Å². The lowest BCUT2D eigenvalue weighted by molar-refractivity contribution is -0.116. The van der Waals surface area contributed by atoms with Crippen molar-refractivity contribution in [1.29, 1.82) is 0 Å². The number of hydrogen-bond donors (Lipinski definition) is 1. The van der Waals surface area contributed by atoms with Gasteiger partial charge in [-0.25, -0.2) is 4.98 Å². The number of nitrogens with one attached hydrogen (secondary N) is 1. The van der Waals surface area contributed by atoms with E-state index in [4.69, 9.17) is 4.42 Å². The Morgan fingerprint density at radius 2 is 2.40 bits per heavy atom. The summed E-state index contributed by atoms with van der Waals surface area (Å²) in [5.74, 6) is 1.00. The molecule has 0 bridgehead atoms. The van der Waals surface area contributed by atoms with E-state index in [1.54, 1.807) is 35.8 Å². The molecule has 0 unspecified atom stereocenters. The van der Waals surface area contributed by atoms with Gasteiger partial charge in [-0.15, -0.1) is 11.3 Å². The largest absolute Gasteiger partial charge is 0.465 e. The van der Waals surface area contributed by atoms with Crippen molar-refractivity contribution in [3.05, 3.63) is 46.3 Å².